The van der Waals surface area contributed by atoms with Crippen LogP contribution in [0.3, 0.4) is 0 Å². The molecule has 6 N–H and O–H groups in total. The quantitative estimate of drug-likeness (QED) is 0.0224. The number of amides is 4. The number of pyridine rings is 3. The summed E-state index contributed by atoms with van der Waals surface area (Å²) in [6.45, 7) is 33.5. The lowest BCUT2D eigenvalue weighted by atomic mass is 9.76. The Hall–Kier alpha value is -5.69. The third kappa shape index (κ3) is 27.2. The van der Waals surface area contributed by atoms with E-state index in [-0.39, 0.29) is 30.7 Å². The summed E-state index contributed by atoms with van der Waals surface area (Å²) >= 11 is 4.42. The number of nitrogens with one attached hydrogen (secondary N) is 4. The molecule has 5 aromatic rings. The first-order valence-corrected chi connectivity index (χ1v) is 37.6. The maximum absolute atomic E-state index is 13.0. The van der Waals surface area contributed by atoms with Crippen LogP contribution < -0.4 is 47.2 Å². The van der Waals surface area contributed by atoms with E-state index >= 15 is 0 Å². The molecule has 0 spiro atoms. The van der Waals surface area contributed by atoms with Crippen molar-refractivity contribution in [1.29, 1.82) is 0 Å². The maximum Gasteiger partial charge on any atom is 0.495 e. The second-order valence-corrected chi connectivity index (χ2v) is 30.3. The van der Waals surface area contributed by atoms with Crippen LogP contribution in [0.2, 0.25) is 0 Å². The number of hydrogen-bond donors (Lipinski definition) is 5. The number of carbonyl (C=O) groups excluding carboxylic acids is 2. The minimum atomic E-state index is -4.20. The molecule has 11 rings (SSSR count). The van der Waals surface area contributed by atoms with Crippen LogP contribution in [0, 0.1) is 38.8 Å². The van der Waals surface area contributed by atoms with Gasteiger partial charge in [-0.15, -0.1) is 0 Å². The SMILES string of the molecule is CC[C@@H]1CCN(C(=O)Nc2ccc(C)c(-c3cc(N[C@H](C)COC)nc(N4CCOCC4)c3)c2)C1.COC[C@@H](C)N.COC[C@@H](C)Nc1cc(I)cc(N2CCOCC2)n1.Cc1ccc(NC(=O)N2CC[C@@H](CC(F)(F)F)C2)cc1B1OC(C)(C)C(C)(C)O1.Fc1cc(I)cc(N2CCOCC2)n1. The second-order valence-electron chi connectivity index (χ2n) is 27.8. The largest absolute Gasteiger partial charge is 0.495 e. The fourth-order valence-electron chi connectivity index (χ4n) is 12.2. The predicted octanol–water partition coefficient (Wildman–Crippen LogP) is 12.3. The molecular formula is C73H108BF4I2N13O10. The van der Waals surface area contributed by atoms with E-state index in [1.807, 2.05) is 69.5 Å². The lowest BCUT2D eigenvalue weighted by Crippen LogP contribution is -2.41. The number of rotatable bonds is 19. The summed E-state index contributed by atoms with van der Waals surface area (Å²) in [5, 5.41) is 12.8. The fourth-order valence-corrected chi connectivity index (χ4v) is 13.3. The normalized spacial score (nSPS) is 19.5. The van der Waals surface area contributed by atoms with Crippen molar-refractivity contribution >= 4 is 110 Å². The highest BCUT2D eigenvalue weighted by molar-refractivity contribution is 14.1. The van der Waals surface area contributed by atoms with Crippen LogP contribution in [0.4, 0.5) is 67.6 Å². The van der Waals surface area contributed by atoms with E-state index in [1.165, 1.54) is 14.5 Å². The number of morpholine rings is 3. The van der Waals surface area contributed by atoms with Crippen molar-refractivity contribution in [3.05, 3.63) is 97.0 Å². The van der Waals surface area contributed by atoms with E-state index in [0.717, 1.165) is 139 Å². The first kappa shape index (κ1) is 84.6. The Morgan fingerprint density at radius 1 is 0.612 bits per heavy atom. The lowest BCUT2D eigenvalue weighted by Gasteiger charge is -2.32. The molecule has 6 saturated heterocycles. The zero-order valence-electron chi connectivity index (χ0n) is 62.2. The number of halogens is 6. The summed E-state index contributed by atoms with van der Waals surface area (Å²) in [6.07, 6.45) is -2.49. The molecule has 30 heteroatoms. The molecule has 5 atom stereocenters. The molecule has 0 saturated carbocycles. The molecule has 570 valence electrons. The summed E-state index contributed by atoms with van der Waals surface area (Å²) in [6, 6.07) is 23.4. The van der Waals surface area contributed by atoms with Gasteiger partial charge in [0, 0.05) is 136 Å². The van der Waals surface area contributed by atoms with Gasteiger partial charge in [-0.05, 0) is 209 Å². The van der Waals surface area contributed by atoms with Crippen LogP contribution in [-0.2, 0) is 37.7 Å². The number of nitrogens with two attached hydrogens (primary N) is 1. The molecular weight excluding hydrogens is 1560 g/mol. The van der Waals surface area contributed by atoms with E-state index in [9.17, 15) is 27.2 Å². The van der Waals surface area contributed by atoms with Gasteiger partial charge in [-0.2, -0.15) is 17.6 Å². The van der Waals surface area contributed by atoms with E-state index in [2.05, 4.69) is 155 Å². The molecule has 0 bridgehead atoms. The zero-order chi connectivity index (χ0) is 75.0. The van der Waals surface area contributed by atoms with E-state index in [1.54, 1.807) is 33.5 Å². The molecule has 23 nitrogen and oxygen atoms in total. The van der Waals surface area contributed by atoms with Crippen molar-refractivity contribution in [3.8, 4) is 11.1 Å². The lowest BCUT2D eigenvalue weighted by molar-refractivity contribution is -0.143. The number of nitrogens with zero attached hydrogens (tertiary/aromatic N) is 8. The number of aromatic nitrogens is 3. The van der Waals surface area contributed by atoms with Crippen molar-refractivity contribution in [1.82, 2.24) is 24.8 Å². The number of carbonyl (C=O) groups is 2. The number of likely N-dealkylation sites (tertiary alicyclic amines) is 2. The monoisotopic (exact) mass is 1670 g/mol. The summed E-state index contributed by atoms with van der Waals surface area (Å²) in [5.74, 6) is 4.01. The van der Waals surface area contributed by atoms with Gasteiger partial charge in [-0.3, -0.25) is 0 Å². The van der Waals surface area contributed by atoms with Crippen molar-refractivity contribution in [2.24, 2.45) is 17.6 Å². The van der Waals surface area contributed by atoms with Crippen LogP contribution in [0.5, 0.6) is 0 Å². The van der Waals surface area contributed by atoms with E-state index in [4.69, 9.17) is 43.7 Å². The fraction of sp³-hybridized carbons (Fsp3) is 0.603. The van der Waals surface area contributed by atoms with Gasteiger partial charge in [-0.25, -0.2) is 24.5 Å². The van der Waals surface area contributed by atoms with Crippen molar-refractivity contribution < 1.29 is 64.9 Å². The van der Waals surface area contributed by atoms with E-state index in [0.29, 0.717) is 76.6 Å². The standard InChI is InChI=1S/C27H39N5O3.C20H28BF3N2O3.C13H20IN3O2.C9H10FIN2O.C4H11NO/c1-5-21-8-9-32(17-21)27(33)29-23-7-6-19(2)24(16-23)22-14-25(28-20(3)18-34-4)30-26(15-22)31-10-12-35-13-11-31;1-13-6-7-15(10-16(13)21-28-18(2,3)19(4,5)29-21)25-17(27)26-9-8-14(12-26)11-20(22,23)24;1-10(9-18-2)15-12-7-11(14)8-13(16-12)17-3-5-19-6-4-17;10-8-5-7(11)6-9(12-8)13-1-3-14-4-2-13;1-4(5)3-6-2/h6-7,14-16,20-21H,5,8-13,17-18H2,1-4H3,(H,28,30)(H,29,33);6-7,10,14H,8-9,11-12H2,1-5H3,(H,25,27);7-8,10H,3-6,9H2,1-2H3,(H,15,16);5-6H,1-4H2;4H,3,5H2,1-2H3/t20-,21-;14-;10-;;4-/m101.1/s1. The molecule has 103 heavy (non-hydrogen) atoms. The van der Waals surface area contributed by atoms with Crippen LogP contribution in [0.15, 0.2) is 72.8 Å². The first-order valence-electron chi connectivity index (χ1n) is 35.5. The molecule has 0 unspecified atom stereocenters. The molecule has 0 radical (unpaired) electrons. The van der Waals surface area contributed by atoms with Crippen LogP contribution in [0.25, 0.3) is 11.1 Å². The zero-order valence-corrected chi connectivity index (χ0v) is 66.5. The van der Waals surface area contributed by atoms with Gasteiger partial charge >= 0.3 is 25.4 Å². The van der Waals surface area contributed by atoms with Crippen molar-refractivity contribution in [3.63, 3.8) is 0 Å². The Labute approximate surface area is 634 Å². The molecule has 6 aliphatic heterocycles. The van der Waals surface area contributed by atoms with Gasteiger partial charge in [0.05, 0.1) is 70.7 Å². The number of ether oxygens (including phenoxy) is 6. The highest BCUT2D eigenvalue weighted by Crippen LogP contribution is 2.38. The van der Waals surface area contributed by atoms with Crippen molar-refractivity contribution in [2.75, 3.05) is 182 Å². The maximum atomic E-state index is 13.0. The first-order chi connectivity index (χ1) is 48.9. The highest BCUT2D eigenvalue weighted by atomic mass is 127. The molecule has 6 fully saturated rings. The number of methoxy groups -OCH3 is 3. The molecule has 0 aliphatic carbocycles. The van der Waals surface area contributed by atoms with Crippen LogP contribution in [0.1, 0.15) is 92.2 Å². The molecule has 9 heterocycles. The number of benzene rings is 2. The molecule has 6 aliphatic rings. The Kier molecular flexibility index (Phi) is 33.6. The average molecular weight is 1670 g/mol. The topological polar surface area (TPSA) is 237 Å². The number of urea groups is 2. The summed E-state index contributed by atoms with van der Waals surface area (Å²) in [5.41, 5.74) is 10.8. The van der Waals surface area contributed by atoms with Gasteiger partial charge in [0.25, 0.3) is 0 Å². The second kappa shape index (κ2) is 40.9. The number of aryl methyl sites for hydroxylation is 2. The molecule has 2 aromatic carbocycles. The third-order valence-corrected chi connectivity index (χ3v) is 19.7. The van der Waals surface area contributed by atoms with Gasteiger partial charge in [0.2, 0.25) is 5.95 Å². The minimum absolute atomic E-state index is 0.0183. The van der Waals surface area contributed by atoms with Crippen molar-refractivity contribution in [2.45, 2.75) is 130 Å². The summed E-state index contributed by atoms with van der Waals surface area (Å²) in [4.78, 5) is 48.7. The average Bonchev–Trinajstić information content (AvgIpc) is 1.74. The third-order valence-electron chi connectivity index (χ3n) is 18.5. The predicted molar refractivity (Wildman–Crippen MR) is 418 cm³/mol. The Morgan fingerprint density at radius 3 is 1.50 bits per heavy atom. The summed E-state index contributed by atoms with van der Waals surface area (Å²) in [7, 11) is 4.50. The molecule has 4 amide bonds. The van der Waals surface area contributed by atoms with Gasteiger partial charge in [0.15, 0.2) is 0 Å². The summed E-state index contributed by atoms with van der Waals surface area (Å²) < 4.78 is 96.3. The Morgan fingerprint density at radius 2 is 1.05 bits per heavy atom. The smallest absolute Gasteiger partial charge is 0.399 e. The van der Waals surface area contributed by atoms with Crippen LogP contribution in [-0.4, -0.2) is 226 Å². The highest BCUT2D eigenvalue weighted by Gasteiger charge is 2.52. The number of anilines is 7. The number of hydrogen-bond acceptors (Lipinski definition) is 19. The number of alkyl halides is 3. The van der Waals surface area contributed by atoms with E-state index < -0.39 is 48.8 Å². The van der Waals surface area contributed by atoms with Gasteiger partial charge in [0.1, 0.15) is 29.1 Å². The van der Waals surface area contributed by atoms with Crippen LogP contribution >= 0.6 is 45.2 Å². The molecule has 3 aromatic heterocycles. The minimum Gasteiger partial charge on any atom is -0.399 e. The van der Waals surface area contributed by atoms with Gasteiger partial charge in [-0.1, -0.05) is 31.0 Å². The Bertz CT molecular complexity index is 3430. The van der Waals surface area contributed by atoms with Gasteiger partial charge < -0.3 is 89.2 Å². The Balaban J connectivity index is 0.000000196.